The summed E-state index contributed by atoms with van der Waals surface area (Å²) in [5.41, 5.74) is 0.784. The van der Waals surface area contributed by atoms with Gasteiger partial charge in [-0.25, -0.2) is 0 Å². The van der Waals surface area contributed by atoms with Crippen LogP contribution < -0.4 is 10.1 Å². The number of methoxy groups -OCH3 is 2. The standard InChI is InChI=1S/C16H21N3O4/c1-21-10-4-9-17-14(20)7-8-15-18-19-16(23-15)12-5-3-6-13(11-12)22-2/h3,5-6,11H,4,7-10H2,1-2H3,(H,17,20). The summed E-state index contributed by atoms with van der Waals surface area (Å²) in [5.74, 6) is 1.54. The van der Waals surface area contributed by atoms with E-state index in [2.05, 4.69) is 15.5 Å². The van der Waals surface area contributed by atoms with Crippen molar-refractivity contribution in [3.8, 4) is 17.2 Å². The summed E-state index contributed by atoms with van der Waals surface area (Å²) >= 11 is 0. The largest absolute Gasteiger partial charge is 0.497 e. The third-order valence-corrected chi connectivity index (χ3v) is 3.20. The van der Waals surface area contributed by atoms with Gasteiger partial charge in [0.2, 0.25) is 17.7 Å². The summed E-state index contributed by atoms with van der Waals surface area (Å²) in [6.45, 7) is 1.24. The first-order valence-corrected chi connectivity index (χ1v) is 7.45. The number of carbonyl (C=O) groups is 1. The SMILES string of the molecule is COCCCNC(=O)CCc1nnc(-c2cccc(OC)c2)o1. The topological polar surface area (TPSA) is 86.5 Å². The Balaban J connectivity index is 1.83. The number of rotatable bonds is 9. The summed E-state index contributed by atoms with van der Waals surface area (Å²) in [6.07, 6.45) is 1.52. The average molecular weight is 319 g/mol. The summed E-state index contributed by atoms with van der Waals surface area (Å²) < 4.78 is 15.7. The Kier molecular flexibility index (Phi) is 6.56. The van der Waals surface area contributed by atoms with E-state index in [0.717, 1.165) is 17.7 Å². The van der Waals surface area contributed by atoms with Crippen LogP contribution in [0.5, 0.6) is 5.75 Å². The second-order valence-corrected chi connectivity index (χ2v) is 4.93. The molecule has 0 unspecified atom stereocenters. The van der Waals surface area contributed by atoms with Crippen LogP contribution in [0.4, 0.5) is 0 Å². The second-order valence-electron chi connectivity index (χ2n) is 4.93. The molecule has 0 radical (unpaired) electrons. The number of benzene rings is 1. The lowest BCUT2D eigenvalue weighted by Gasteiger charge is -2.03. The number of hydrogen-bond acceptors (Lipinski definition) is 6. The van der Waals surface area contributed by atoms with Gasteiger partial charge in [0.15, 0.2) is 0 Å². The van der Waals surface area contributed by atoms with Gasteiger partial charge in [-0.05, 0) is 24.6 Å². The number of aromatic nitrogens is 2. The number of nitrogens with zero attached hydrogens (tertiary/aromatic N) is 2. The van der Waals surface area contributed by atoms with E-state index in [9.17, 15) is 4.79 Å². The van der Waals surface area contributed by atoms with Crippen LogP contribution in [0.3, 0.4) is 0 Å². The van der Waals surface area contributed by atoms with Gasteiger partial charge in [0.05, 0.1) is 7.11 Å². The third-order valence-electron chi connectivity index (χ3n) is 3.20. The molecule has 23 heavy (non-hydrogen) atoms. The van der Waals surface area contributed by atoms with Crippen molar-refractivity contribution in [1.29, 1.82) is 0 Å². The van der Waals surface area contributed by atoms with E-state index in [0.29, 0.717) is 37.8 Å². The molecule has 0 spiro atoms. The molecule has 2 aromatic rings. The van der Waals surface area contributed by atoms with Gasteiger partial charge >= 0.3 is 0 Å². The molecule has 0 aliphatic rings. The number of amides is 1. The van der Waals surface area contributed by atoms with Crippen molar-refractivity contribution < 1.29 is 18.7 Å². The van der Waals surface area contributed by atoms with Crippen molar-refractivity contribution in [2.45, 2.75) is 19.3 Å². The van der Waals surface area contributed by atoms with Crippen LogP contribution in [0, 0.1) is 0 Å². The highest BCUT2D eigenvalue weighted by atomic mass is 16.5. The van der Waals surface area contributed by atoms with Crippen LogP contribution in [0.25, 0.3) is 11.5 Å². The second kappa shape index (κ2) is 8.89. The van der Waals surface area contributed by atoms with E-state index in [1.54, 1.807) is 14.2 Å². The van der Waals surface area contributed by atoms with E-state index >= 15 is 0 Å². The van der Waals surface area contributed by atoms with Gasteiger partial charge in [0.25, 0.3) is 0 Å². The normalized spacial score (nSPS) is 10.5. The maximum atomic E-state index is 11.7. The van der Waals surface area contributed by atoms with Crippen molar-refractivity contribution in [3.05, 3.63) is 30.2 Å². The Hall–Kier alpha value is -2.41. The quantitative estimate of drug-likeness (QED) is 0.710. The van der Waals surface area contributed by atoms with Gasteiger partial charge in [-0.15, -0.1) is 10.2 Å². The van der Waals surface area contributed by atoms with Crippen LogP contribution in [-0.4, -0.2) is 43.5 Å². The highest BCUT2D eigenvalue weighted by Crippen LogP contribution is 2.22. The molecule has 1 amide bonds. The first-order chi connectivity index (χ1) is 11.2. The van der Waals surface area contributed by atoms with Crippen LogP contribution >= 0.6 is 0 Å². The third kappa shape index (κ3) is 5.37. The fourth-order valence-electron chi connectivity index (χ4n) is 1.98. The molecule has 7 heteroatoms. The number of ether oxygens (including phenoxy) is 2. The highest BCUT2D eigenvalue weighted by molar-refractivity contribution is 5.75. The predicted molar refractivity (Wildman–Crippen MR) is 84.1 cm³/mol. The smallest absolute Gasteiger partial charge is 0.247 e. The number of hydrogen-bond donors (Lipinski definition) is 1. The minimum atomic E-state index is -0.0396. The first kappa shape index (κ1) is 17.0. The van der Waals surface area contributed by atoms with Gasteiger partial charge in [-0.2, -0.15) is 0 Å². The molecule has 1 heterocycles. The minimum Gasteiger partial charge on any atom is -0.497 e. The monoisotopic (exact) mass is 319 g/mol. The molecule has 0 bridgehead atoms. The Bertz CT molecular complexity index is 627. The van der Waals surface area contributed by atoms with Gasteiger partial charge in [-0.1, -0.05) is 6.07 Å². The molecule has 0 saturated heterocycles. The van der Waals surface area contributed by atoms with E-state index < -0.39 is 0 Å². The van der Waals surface area contributed by atoms with Crippen molar-refractivity contribution in [3.63, 3.8) is 0 Å². The molecule has 0 atom stereocenters. The molecule has 7 nitrogen and oxygen atoms in total. The lowest BCUT2D eigenvalue weighted by molar-refractivity contribution is -0.121. The highest BCUT2D eigenvalue weighted by Gasteiger charge is 2.11. The molecule has 1 aromatic carbocycles. The molecular formula is C16H21N3O4. The van der Waals surface area contributed by atoms with E-state index in [1.165, 1.54) is 0 Å². The lowest BCUT2D eigenvalue weighted by atomic mass is 10.2. The number of aryl methyl sites for hydroxylation is 1. The van der Waals surface area contributed by atoms with Gasteiger partial charge in [0.1, 0.15) is 5.75 Å². The van der Waals surface area contributed by atoms with Gasteiger partial charge in [-0.3, -0.25) is 4.79 Å². The summed E-state index contributed by atoms with van der Waals surface area (Å²) in [4.78, 5) is 11.7. The maximum Gasteiger partial charge on any atom is 0.247 e. The van der Waals surface area contributed by atoms with Crippen molar-refractivity contribution >= 4 is 5.91 Å². The zero-order valence-electron chi connectivity index (χ0n) is 13.4. The fraction of sp³-hybridized carbons (Fsp3) is 0.438. The summed E-state index contributed by atoms with van der Waals surface area (Å²) in [7, 11) is 3.24. The average Bonchev–Trinajstić information content (AvgIpc) is 3.06. The van der Waals surface area contributed by atoms with E-state index in [4.69, 9.17) is 13.9 Å². The van der Waals surface area contributed by atoms with Crippen LogP contribution in [0.15, 0.2) is 28.7 Å². The summed E-state index contributed by atoms with van der Waals surface area (Å²) in [6, 6.07) is 7.38. The zero-order valence-corrected chi connectivity index (χ0v) is 13.4. The Morgan fingerprint density at radius 1 is 1.30 bits per heavy atom. The van der Waals surface area contributed by atoms with Gasteiger partial charge in [0, 0.05) is 38.7 Å². The van der Waals surface area contributed by atoms with E-state index in [-0.39, 0.29) is 5.91 Å². The van der Waals surface area contributed by atoms with Gasteiger partial charge < -0.3 is 19.2 Å². The molecule has 0 aliphatic carbocycles. The number of nitrogens with one attached hydrogen (secondary N) is 1. The molecule has 0 aliphatic heterocycles. The molecule has 1 aromatic heterocycles. The minimum absolute atomic E-state index is 0.0396. The zero-order chi connectivity index (χ0) is 16.5. The lowest BCUT2D eigenvalue weighted by Crippen LogP contribution is -2.25. The Morgan fingerprint density at radius 2 is 2.17 bits per heavy atom. The molecule has 2 rings (SSSR count). The van der Waals surface area contributed by atoms with E-state index in [1.807, 2.05) is 24.3 Å². The maximum absolute atomic E-state index is 11.7. The summed E-state index contributed by atoms with van der Waals surface area (Å²) in [5, 5.41) is 10.8. The fourth-order valence-corrected chi connectivity index (χ4v) is 1.98. The molecule has 0 saturated carbocycles. The van der Waals surface area contributed by atoms with Crippen molar-refractivity contribution in [2.75, 3.05) is 27.4 Å². The Labute approximate surface area is 135 Å². The van der Waals surface area contributed by atoms with Crippen LogP contribution in [0.2, 0.25) is 0 Å². The molecule has 124 valence electrons. The predicted octanol–water partition coefficient (Wildman–Crippen LogP) is 1.83. The molecule has 1 N–H and O–H groups in total. The van der Waals surface area contributed by atoms with Crippen LogP contribution in [-0.2, 0) is 16.0 Å². The molecular weight excluding hydrogens is 298 g/mol. The first-order valence-electron chi connectivity index (χ1n) is 7.45. The van der Waals surface area contributed by atoms with Crippen molar-refractivity contribution in [1.82, 2.24) is 15.5 Å². The Morgan fingerprint density at radius 3 is 2.96 bits per heavy atom. The molecule has 0 fully saturated rings. The van der Waals surface area contributed by atoms with Crippen LogP contribution in [0.1, 0.15) is 18.7 Å². The number of carbonyl (C=O) groups excluding carboxylic acids is 1. The van der Waals surface area contributed by atoms with Crippen molar-refractivity contribution in [2.24, 2.45) is 0 Å².